The first-order chi connectivity index (χ1) is 24.3. The number of nitrogens with zero attached hydrogens (tertiary/aromatic N) is 1. The maximum atomic E-state index is 12.7. The largest absolute Gasteiger partial charge is 0.490 e. The highest BCUT2D eigenvalue weighted by atomic mass is 19.4. The lowest BCUT2D eigenvalue weighted by molar-refractivity contribution is -0.193. The standard InChI is InChI=1S/C29H37N5O4.2C2HF3O2/c1-4-19-18(16-33-29(36)23-11-7-8-13-31-23)10-9-12-22(19)34-27-20-14-25(37-5-2)26(38-6-3)15-24(20)32-17-21(27)28(30)35;2*3-2(4,5)1(6)7/h9-10,12,14-15,17,23,31H,4-8,11,13,16H2,1-3H3,(H2,30,35)(H,32,34)(H,33,36);2*(H,6,7)/t23-;;/m0../s1. The fourth-order valence-electron chi connectivity index (χ4n) is 4.91. The summed E-state index contributed by atoms with van der Waals surface area (Å²) >= 11 is 0. The molecule has 1 aliphatic heterocycles. The number of hydrogen-bond donors (Lipinski definition) is 6. The summed E-state index contributed by atoms with van der Waals surface area (Å²) in [5, 5.41) is 24.8. The number of alkyl halides is 6. The van der Waals surface area contributed by atoms with Gasteiger partial charge in [0.15, 0.2) is 11.5 Å². The van der Waals surface area contributed by atoms with Crippen LogP contribution in [0.25, 0.3) is 10.9 Å². The molecule has 2 aromatic carbocycles. The number of primary amides is 1. The van der Waals surface area contributed by atoms with E-state index in [1.54, 1.807) is 0 Å². The fraction of sp³-hybridized carbons (Fsp3) is 0.424. The predicted molar refractivity (Wildman–Crippen MR) is 177 cm³/mol. The smallest absolute Gasteiger partial charge is 0.490 e. The predicted octanol–water partition coefficient (Wildman–Crippen LogP) is 5.46. The molecule has 2 amide bonds. The van der Waals surface area contributed by atoms with Crippen LogP contribution in [0.15, 0.2) is 36.5 Å². The van der Waals surface area contributed by atoms with E-state index in [4.69, 9.17) is 35.0 Å². The van der Waals surface area contributed by atoms with Gasteiger partial charge in [0, 0.05) is 29.9 Å². The molecule has 1 fully saturated rings. The lowest BCUT2D eigenvalue weighted by Gasteiger charge is -2.23. The van der Waals surface area contributed by atoms with Gasteiger partial charge in [-0.3, -0.25) is 14.6 Å². The third kappa shape index (κ3) is 12.5. The Labute approximate surface area is 293 Å². The number of aromatic nitrogens is 1. The van der Waals surface area contributed by atoms with Gasteiger partial charge in [-0.1, -0.05) is 25.5 Å². The van der Waals surface area contributed by atoms with Crippen LogP contribution in [-0.4, -0.2) is 77.1 Å². The van der Waals surface area contributed by atoms with E-state index in [1.807, 2.05) is 44.2 Å². The third-order valence-electron chi connectivity index (χ3n) is 7.25. The van der Waals surface area contributed by atoms with Crippen LogP contribution >= 0.6 is 0 Å². The quantitative estimate of drug-likeness (QED) is 0.136. The highest BCUT2D eigenvalue weighted by Gasteiger charge is 2.39. The molecular weight excluding hydrogens is 708 g/mol. The number of amides is 2. The lowest BCUT2D eigenvalue weighted by Crippen LogP contribution is -2.46. The summed E-state index contributed by atoms with van der Waals surface area (Å²) < 4.78 is 75.1. The molecule has 3 aromatic rings. The molecule has 286 valence electrons. The molecule has 1 aromatic heterocycles. The average Bonchev–Trinajstić information content (AvgIpc) is 3.08. The summed E-state index contributed by atoms with van der Waals surface area (Å²) in [5.74, 6) is -4.92. The molecule has 0 aliphatic carbocycles. The van der Waals surface area contributed by atoms with Crippen molar-refractivity contribution in [3.63, 3.8) is 0 Å². The second-order valence-corrected chi connectivity index (χ2v) is 10.8. The van der Waals surface area contributed by atoms with Crippen molar-refractivity contribution < 1.29 is 65.2 Å². The van der Waals surface area contributed by atoms with E-state index in [0.717, 1.165) is 49.0 Å². The zero-order valence-electron chi connectivity index (χ0n) is 28.3. The van der Waals surface area contributed by atoms with Crippen molar-refractivity contribution in [1.29, 1.82) is 0 Å². The van der Waals surface area contributed by atoms with Crippen LogP contribution in [0.5, 0.6) is 11.5 Å². The van der Waals surface area contributed by atoms with Crippen molar-refractivity contribution in [2.45, 2.75) is 71.4 Å². The maximum Gasteiger partial charge on any atom is 0.490 e. The van der Waals surface area contributed by atoms with E-state index < -0.39 is 30.2 Å². The molecule has 4 rings (SSSR count). The van der Waals surface area contributed by atoms with Crippen molar-refractivity contribution in [2.75, 3.05) is 25.1 Å². The Kier molecular flexibility index (Phi) is 15.9. The van der Waals surface area contributed by atoms with Gasteiger partial charge in [-0.15, -0.1) is 0 Å². The number of aliphatic carboxylic acids is 2. The van der Waals surface area contributed by atoms with Crippen LogP contribution in [0, 0.1) is 0 Å². The topological polar surface area (TPSA) is 202 Å². The van der Waals surface area contributed by atoms with Crippen molar-refractivity contribution in [3.05, 3.63) is 53.2 Å². The van der Waals surface area contributed by atoms with E-state index in [2.05, 4.69) is 27.9 Å². The molecule has 19 heteroatoms. The van der Waals surface area contributed by atoms with Gasteiger partial charge in [0.1, 0.15) is 0 Å². The number of nitrogens with two attached hydrogens (primary N) is 1. The van der Waals surface area contributed by atoms with Crippen molar-refractivity contribution in [2.24, 2.45) is 5.73 Å². The number of halogens is 6. The highest BCUT2D eigenvalue weighted by molar-refractivity contribution is 6.08. The van der Waals surface area contributed by atoms with Crippen LogP contribution in [0.2, 0.25) is 0 Å². The number of piperidine rings is 1. The molecule has 0 bridgehead atoms. The molecule has 0 saturated carbocycles. The van der Waals surface area contributed by atoms with E-state index in [0.29, 0.717) is 47.8 Å². The number of pyridine rings is 1. The molecule has 7 N–H and O–H groups in total. The van der Waals surface area contributed by atoms with Gasteiger partial charge < -0.3 is 41.4 Å². The fourth-order valence-corrected chi connectivity index (χ4v) is 4.91. The second kappa shape index (κ2) is 19.3. The number of carboxylic acids is 2. The second-order valence-electron chi connectivity index (χ2n) is 10.8. The first-order valence-corrected chi connectivity index (χ1v) is 15.9. The van der Waals surface area contributed by atoms with Gasteiger partial charge in [-0.25, -0.2) is 9.59 Å². The van der Waals surface area contributed by atoms with Gasteiger partial charge in [0.25, 0.3) is 5.91 Å². The molecule has 0 spiro atoms. The van der Waals surface area contributed by atoms with Gasteiger partial charge >= 0.3 is 24.3 Å². The maximum absolute atomic E-state index is 12.7. The number of rotatable bonds is 11. The lowest BCUT2D eigenvalue weighted by atomic mass is 10.0. The van der Waals surface area contributed by atoms with Gasteiger partial charge in [-0.05, 0) is 62.9 Å². The number of carbonyl (C=O) groups excluding carboxylic acids is 2. The van der Waals surface area contributed by atoms with Gasteiger partial charge in [0.05, 0.1) is 36.0 Å². The first-order valence-electron chi connectivity index (χ1n) is 15.9. The third-order valence-corrected chi connectivity index (χ3v) is 7.25. The van der Waals surface area contributed by atoms with Crippen molar-refractivity contribution in [1.82, 2.24) is 15.6 Å². The number of nitrogens with one attached hydrogen (secondary N) is 3. The summed E-state index contributed by atoms with van der Waals surface area (Å²) in [6, 6.07) is 9.41. The SMILES string of the molecule is CCOc1cc2ncc(C(N)=O)c(Nc3cccc(CNC(=O)[C@@H]4CCCCN4)c3CC)c2cc1OCC.O=C(O)C(F)(F)F.O=C(O)C(F)(F)F. The molecule has 1 aliphatic rings. The summed E-state index contributed by atoms with van der Waals surface area (Å²) in [6.07, 6.45) is -4.94. The number of anilines is 2. The Morgan fingerprint density at radius 3 is 2.00 bits per heavy atom. The zero-order chi connectivity index (χ0) is 39.2. The average molecular weight is 748 g/mol. The van der Waals surface area contributed by atoms with Crippen molar-refractivity contribution >= 4 is 46.0 Å². The van der Waals surface area contributed by atoms with Crippen molar-refractivity contribution in [3.8, 4) is 11.5 Å². The minimum absolute atomic E-state index is 0.0230. The summed E-state index contributed by atoms with van der Waals surface area (Å²) in [7, 11) is 0. The van der Waals surface area contributed by atoms with Gasteiger partial charge in [-0.2, -0.15) is 26.3 Å². The highest BCUT2D eigenvalue weighted by Crippen LogP contribution is 2.38. The normalized spacial score (nSPS) is 14.1. The summed E-state index contributed by atoms with van der Waals surface area (Å²) in [5.41, 5.74) is 10.1. The van der Waals surface area contributed by atoms with Gasteiger partial charge in [0.2, 0.25) is 5.91 Å². The van der Waals surface area contributed by atoms with Crippen LogP contribution < -0.4 is 31.2 Å². The molecule has 2 heterocycles. The summed E-state index contributed by atoms with van der Waals surface area (Å²) in [6.45, 7) is 8.11. The Morgan fingerprint density at radius 1 is 0.942 bits per heavy atom. The number of fused-ring (bicyclic) bond motifs is 1. The molecule has 0 unspecified atom stereocenters. The first kappa shape index (κ1) is 42.8. The van der Waals surface area contributed by atoms with Crippen LogP contribution in [0.1, 0.15) is 61.5 Å². The number of ether oxygens (including phenoxy) is 2. The van der Waals surface area contributed by atoms with E-state index in [-0.39, 0.29) is 17.5 Å². The molecule has 1 atom stereocenters. The van der Waals surface area contributed by atoms with E-state index >= 15 is 0 Å². The monoisotopic (exact) mass is 747 g/mol. The molecule has 13 nitrogen and oxygen atoms in total. The van der Waals surface area contributed by atoms with E-state index in [9.17, 15) is 35.9 Å². The Bertz CT molecular complexity index is 1690. The van der Waals surface area contributed by atoms with Crippen LogP contribution in [0.4, 0.5) is 37.7 Å². The molecular formula is C33H39F6N5O8. The Morgan fingerprint density at radius 2 is 1.52 bits per heavy atom. The Hall–Kier alpha value is -5.33. The number of carboxylic acid groups (broad SMARTS) is 2. The Balaban J connectivity index is 0.000000564. The summed E-state index contributed by atoms with van der Waals surface area (Å²) in [4.78, 5) is 47.4. The number of benzene rings is 2. The molecule has 1 saturated heterocycles. The molecule has 0 radical (unpaired) electrons. The zero-order valence-corrected chi connectivity index (χ0v) is 28.3. The number of carbonyl (C=O) groups is 4. The molecule has 52 heavy (non-hydrogen) atoms. The van der Waals surface area contributed by atoms with Crippen LogP contribution in [-0.2, 0) is 27.3 Å². The minimum Gasteiger partial charge on any atom is -0.490 e. The van der Waals surface area contributed by atoms with E-state index in [1.165, 1.54) is 6.20 Å². The number of hydrogen-bond acceptors (Lipinski definition) is 9. The van der Waals surface area contributed by atoms with Crippen LogP contribution in [0.3, 0.4) is 0 Å². The minimum atomic E-state index is -5.08.